The second-order valence-electron chi connectivity index (χ2n) is 7.70. The van der Waals surface area contributed by atoms with Crippen molar-refractivity contribution < 1.29 is 14.4 Å². The van der Waals surface area contributed by atoms with Crippen molar-refractivity contribution in [2.24, 2.45) is 5.73 Å². The summed E-state index contributed by atoms with van der Waals surface area (Å²) in [5.74, 6) is -0.270. The smallest absolute Gasteiger partial charge is 0.255 e. The van der Waals surface area contributed by atoms with Crippen LogP contribution in [0.2, 0.25) is 0 Å². The van der Waals surface area contributed by atoms with Gasteiger partial charge in [0.25, 0.3) is 5.91 Å². The van der Waals surface area contributed by atoms with Crippen LogP contribution in [0.1, 0.15) is 16.8 Å². The topological polar surface area (TPSA) is 121 Å². The standard InChI is InChI=1S/C21H26N6O3.3ClH/c22-11-19(28)25-16-10-18(24-13-16)21(30)27-7-5-26(6-8-27)20(29)15-9-14-3-1-2-4-17(14)23-12-15;;;/h1-4,9,12,16,18,24H,5-8,10-11,13,22H2,(H,25,28);3*1H/t16-,18+;;;/m1.../s1. The second-order valence-corrected chi connectivity index (χ2v) is 7.70. The number of halogens is 3. The van der Waals surface area contributed by atoms with Crippen LogP contribution in [-0.2, 0) is 9.59 Å². The van der Waals surface area contributed by atoms with Gasteiger partial charge in [-0.25, -0.2) is 0 Å². The maximum Gasteiger partial charge on any atom is 0.255 e. The summed E-state index contributed by atoms with van der Waals surface area (Å²) in [6.45, 7) is 2.44. The van der Waals surface area contributed by atoms with Crippen molar-refractivity contribution in [3.63, 3.8) is 0 Å². The van der Waals surface area contributed by atoms with Crippen LogP contribution >= 0.6 is 37.2 Å². The number of hydrogen-bond acceptors (Lipinski definition) is 6. The predicted octanol–water partition coefficient (Wildman–Crippen LogP) is 0.590. The van der Waals surface area contributed by atoms with Crippen molar-refractivity contribution in [3.8, 4) is 0 Å². The van der Waals surface area contributed by atoms with E-state index in [1.54, 1.807) is 16.0 Å². The largest absolute Gasteiger partial charge is 0.351 e. The molecule has 9 nitrogen and oxygen atoms in total. The Bertz CT molecular complexity index is 971. The Morgan fingerprint density at radius 2 is 1.73 bits per heavy atom. The summed E-state index contributed by atoms with van der Waals surface area (Å²) in [6.07, 6.45) is 2.16. The molecule has 182 valence electrons. The van der Waals surface area contributed by atoms with Crippen LogP contribution in [0.15, 0.2) is 36.5 Å². The Morgan fingerprint density at radius 1 is 1.06 bits per heavy atom. The number of benzene rings is 1. The first-order valence-corrected chi connectivity index (χ1v) is 10.2. The third kappa shape index (κ3) is 6.68. The van der Waals surface area contributed by atoms with E-state index in [-0.39, 0.29) is 73.6 Å². The monoisotopic (exact) mass is 518 g/mol. The summed E-state index contributed by atoms with van der Waals surface area (Å²) in [5.41, 5.74) is 6.74. The number of hydrogen-bond donors (Lipinski definition) is 3. The van der Waals surface area contributed by atoms with Gasteiger partial charge in [0.2, 0.25) is 11.8 Å². The zero-order chi connectivity index (χ0) is 21.1. The van der Waals surface area contributed by atoms with Crippen LogP contribution in [0.3, 0.4) is 0 Å². The van der Waals surface area contributed by atoms with Crippen molar-refractivity contribution in [3.05, 3.63) is 42.1 Å². The third-order valence-electron chi connectivity index (χ3n) is 5.70. The Hall–Kier alpha value is -2.17. The Labute approximate surface area is 211 Å². The number of aromatic nitrogens is 1. The minimum absolute atomic E-state index is 0. The summed E-state index contributed by atoms with van der Waals surface area (Å²) < 4.78 is 0. The molecule has 33 heavy (non-hydrogen) atoms. The van der Waals surface area contributed by atoms with Crippen molar-refractivity contribution in [1.29, 1.82) is 0 Å². The molecule has 12 heteroatoms. The van der Waals surface area contributed by atoms with E-state index in [2.05, 4.69) is 15.6 Å². The Kier molecular flexibility index (Phi) is 11.3. The number of fused-ring (bicyclic) bond motifs is 1. The summed E-state index contributed by atoms with van der Waals surface area (Å²) in [6, 6.07) is 9.15. The first kappa shape index (κ1) is 28.9. The summed E-state index contributed by atoms with van der Waals surface area (Å²) in [5, 5.41) is 6.92. The number of amides is 3. The molecular formula is C21H29Cl3N6O3. The summed E-state index contributed by atoms with van der Waals surface area (Å²) >= 11 is 0. The van der Waals surface area contributed by atoms with E-state index >= 15 is 0 Å². The second kappa shape index (κ2) is 12.9. The fourth-order valence-corrected chi connectivity index (χ4v) is 4.04. The molecule has 2 saturated heterocycles. The summed E-state index contributed by atoms with van der Waals surface area (Å²) in [7, 11) is 0. The molecule has 0 radical (unpaired) electrons. The maximum atomic E-state index is 12.9. The minimum atomic E-state index is -0.319. The quantitative estimate of drug-likeness (QED) is 0.544. The lowest BCUT2D eigenvalue weighted by molar-refractivity contribution is -0.134. The lowest BCUT2D eigenvalue weighted by Crippen LogP contribution is -2.54. The van der Waals surface area contributed by atoms with Gasteiger partial charge in [0.15, 0.2) is 0 Å². The molecule has 2 aromatic rings. The Balaban J connectivity index is 0.00000181. The van der Waals surface area contributed by atoms with Crippen LogP contribution in [0.25, 0.3) is 10.9 Å². The highest BCUT2D eigenvalue weighted by atomic mass is 35.5. The average Bonchev–Trinajstić information content (AvgIpc) is 3.26. The predicted molar refractivity (Wildman–Crippen MR) is 133 cm³/mol. The molecule has 1 aromatic carbocycles. The van der Waals surface area contributed by atoms with Gasteiger partial charge in [-0.05, 0) is 18.6 Å². The normalized spacial score (nSPS) is 19.7. The van der Waals surface area contributed by atoms with Crippen LogP contribution in [0.5, 0.6) is 0 Å². The van der Waals surface area contributed by atoms with Gasteiger partial charge in [0.05, 0.1) is 23.7 Å². The Morgan fingerprint density at radius 3 is 2.42 bits per heavy atom. The fourth-order valence-electron chi connectivity index (χ4n) is 4.04. The first-order chi connectivity index (χ1) is 14.5. The van der Waals surface area contributed by atoms with Crippen molar-refractivity contribution in [2.45, 2.75) is 18.5 Å². The van der Waals surface area contributed by atoms with E-state index in [4.69, 9.17) is 5.73 Å². The zero-order valence-electron chi connectivity index (χ0n) is 17.9. The molecule has 1 aromatic heterocycles. The first-order valence-electron chi connectivity index (χ1n) is 10.2. The maximum absolute atomic E-state index is 12.9. The van der Waals surface area contributed by atoms with Gasteiger partial charge in [0.1, 0.15) is 0 Å². The van der Waals surface area contributed by atoms with Crippen molar-refractivity contribution >= 4 is 65.8 Å². The summed E-state index contributed by atoms with van der Waals surface area (Å²) in [4.78, 5) is 45.0. The number of nitrogens with one attached hydrogen (secondary N) is 2. The van der Waals surface area contributed by atoms with Gasteiger partial charge in [-0.2, -0.15) is 0 Å². The van der Waals surface area contributed by atoms with E-state index in [0.29, 0.717) is 44.7 Å². The fraction of sp³-hybridized carbons (Fsp3) is 0.429. The number of rotatable bonds is 4. The van der Waals surface area contributed by atoms with Crippen molar-refractivity contribution in [1.82, 2.24) is 25.4 Å². The molecule has 0 saturated carbocycles. The van der Waals surface area contributed by atoms with E-state index in [9.17, 15) is 14.4 Å². The highest BCUT2D eigenvalue weighted by Crippen LogP contribution is 2.16. The molecule has 3 heterocycles. The average molecular weight is 520 g/mol. The van der Waals surface area contributed by atoms with Crippen LogP contribution < -0.4 is 16.4 Å². The molecule has 2 fully saturated rings. The number of para-hydroxylation sites is 1. The van der Waals surface area contributed by atoms with E-state index in [0.717, 1.165) is 10.9 Å². The van der Waals surface area contributed by atoms with E-state index in [1.807, 2.05) is 30.3 Å². The molecule has 2 aliphatic heterocycles. The number of carbonyl (C=O) groups is 3. The third-order valence-corrected chi connectivity index (χ3v) is 5.70. The molecule has 0 bridgehead atoms. The van der Waals surface area contributed by atoms with Crippen LogP contribution in [0.4, 0.5) is 0 Å². The van der Waals surface area contributed by atoms with Gasteiger partial charge >= 0.3 is 0 Å². The lowest BCUT2D eigenvalue weighted by atomic mass is 10.1. The van der Waals surface area contributed by atoms with Gasteiger partial charge in [-0.15, -0.1) is 37.2 Å². The number of carbonyl (C=O) groups excluding carboxylic acids is 3. The lowest BCUT2D eigenvalue weighted by Gasteiger charge is -2.36. The minimum Gasteiger partial charge on any atom is -0.351 e. The van der Waals surface area contributed by atoms with Crippen LogP contribution in [0, 0.1) is 0 Å². The van der Waals surface area contributed by atoms with Gasteiger partial charge < -0.3 is 26.2 Å². The molecule has 3 amide bonds. The number of nitrogens with zero attached hydrogens (tertiary/aromatic N) is 3. The van der Waals surface area contributed by atoms with E-state index in [1.165, 1.54) is 0 Å². The van der Waals surface area contributed by atoms with E-state index < -0.39 is 0 Å². The molecule has 0 spiro atoms. The zero-order valence-corrected chi connectivity index (χ0v) is 20.4. The molecular weight excluding hydrogens is 491 g/mol. The highest BCUT2D eigenvalue weighted by Gasteiger charge is 2.34. The number of pyridine rings is 1. The SMILES string of the molecule is Cl.Cl.Cl.NCC(=O)N[C@H]1CN[C@H](C(=O)N2CCN(C(=O)c3cnc4ccccc4c3)CC2)C1. The van der Waals surface area contributed by atoms with Gasteiger partial charge in [-0.3, -0.25) is 19.4 Å². The van der Waals surface area contributed by atoms with Gasteiger partial charge in [0, 0.05) is 50.3 Å². The molecule has 0 unspecified atom stereocenters. The van der Waals surface area contributed by atoms with Crippen molar-refractivity contribution in [2.75, 3.05) is 39.3 Å². The molecule has 4 N–H and O–H groups in total. The molecule has 2 atom stereocenters. The highest BCUT2D eigenvalue weighted by molar-refractivity contribution is 5.97. The van der Waals surface area contributed by atoms with Crippen LogP contribution in [-0.4, -0.2) is 83.9 Å². The number of nitrogens with two attached hydrogens (primary N) is 1. The molecule has 0 aliphatic carbocycles. The molecule has 2 aliphatic rings. The number of piperazine rings is 1. The van der Waals surface area contributed by atoms with Gasteiger partial charge in [-0.1, -0.05) is 18.2 Å². The molecule has 4 rings (SSSR count).